The molecule has 0 aromatic carbocycles. The van der Waals surface area contributed by atoms with Crippen LogP contribution in [0.5, 0.6) is 0 Å². The lowest BCUT2D eigenvalue weighted by Gasteiger charge is -2.14. The van der Waals surface area contributed by atoms with Gasteiger partial charge in [0.05, 0.1) is 5.41 Å². The van der Waals surface area contributed by atoms with Gasteiger partial charge in [-0.1, -0.05) is 27.7 Å². The molecular formula is C8H17FO. The van der Waals surface area contributed by atoms with E-state index in [0.717, 1.165) is 0 Å². The summed E-state index contributed by atoms with van der Waals surface area (Å²) in [6.45, 7) is 8.02. The monoisotopic (exact) mass is 148 g/mol. The lowest BCUT2D eigenvalue weighted by molar-refractivity contribution is -0.125. The van der Waals surface area contributed by atoms with E-state index in [0.29, 0.717) is 0 Å². The smallest absolute Gasteiger partial charge is 0.138 e. The van der Waals surface area contributed by atoms with Gasteiger partial charge in [-0.2, -0.15) is 0 Å². The van der Waals surface area contributed by atoms with Crippen LogP contribution in [0.4, 0.5) is 4.39 Å². The van der Waals surface area contributed by atoms with E-state index in [9.17, 15) is 9.18 Å². The Balaban J connectivity index is 0. The number of hydrogen-bond acceptors (Lipinski definition) is 1. The van der Waals surface area contributed by atoms with Crippen molar-refractivity contribution in [3.8, 4) is 0 Å². The summed E-state index contributed by atoms with van der Waals surface area (Å²) in [5, 5.41) is 0. The molecule has 0 radical (unpaired) electrons. The summed E-state index contributed by atoms with van der Waals surface area (Å²) < 4.78 is 11.8. The molecule has 0 N–H and O–H groups in total. The highest BCUT2D eigenvalue weighted by Crippen LogP contribution is 2.15. The van der Waals surface area contributed by atoms with Crippen LogP contribution in [0, 0.1) is 5.41 Å². The molecule has 2 heteroatoms. The Morgan fingerprint density at radius 3 is 1.70 bits per heavy atom. The molecule has 0 saturated heterocycles. The van der Waals surface area contributed by atoms with Crippen molar-refractivity contribution < 1.29 is 9.18 Å². The zero-order valence-corrected chi connectivity index (χ0v) is 7.49. The van der Waals surface area contributed by atoms with Gasteiger partial charge in [-0.15, -0.1) is 0 Å². The average molecular weight is 148 g/mol. The van der Waals surface area contributed by atoms with Crippen LogP contribution >= 0.6 is 0 Å². The third kappa shape index (κ3) is 4.48. The molecular weight excluding hydrogens is 131 g/mol. The van der Waals surface area contributed by atoms with Gasteiger partial charge in [0.1, 0.15) is 12.5 Å². The molecule has 0 saturated carbocycles. The number of halogens is 1. The Morgan fingerprint density at radius 2 is 1.70 bits per heavy atom. The quantitative estimate of drug-likeness (QED) is 0.588. The van der Waals surface area contributed by atoms with Crippen LogP contribution in [-0.4, -0.2) is 12.5 Å². The summed E-state index contributed by atoms with van der Waals surface area (Å²) in [4.78, 5) is 10.5. The number of rotatable bonds is 2. The third-order valence-electron chi connectivity index (χ3n) is 1.29. The molecule has 0 bridgehead atoms. The molecule has 62 valence electrons. The van der Waals surface area contributed by atoms with Crippen molar-refractivity contribution >= 4 is 5.78 Å². The Hall–Kier alpha value is -0.400. The fourth-order valence-electron chi connectivity index (χ4n) is 0.0941. The molecule has 0 rings (SSSR count). The van der Waals surface area contributed by atoms with E-state index in [2.05, 4.69) is 0 Å². The third-order valence-corrected chi connectivity index (χ3v) is 1.29. The predicted molar refractivity (Wildman–Crippen MR) is 41.8 cm³/mol. The molecule has 0 aliphatic rings. The van der Waals surface area contributed by atoms with Gasteiger partial charge in [0, 0.05) is 0 Å². The minimum Gasteiger partial charge on any atom is -0.299 e. The molecule has 0 heterocycles. The number of carbonyl (C=O) groups is 1. The van der Waals surface area contributed by atoms with Crippen LogP contribution in [0.1, 0.15) is 34.6 Å². The molecule has 0 aliphatic carbocycles. The van der Waals surface area contributed by atoms with Crippen LogP contribution in [0.3, 0.4) is 0 Å². The molecule has 0 amide bonds. The van der Waals surface area contributed by atoms with Crippen LogP contribution in [-0.2, 0) is 4.79 Å². The van der Waals surface area contributed by atoms with Gasteiger partial charge in [-0.25, -0.2) is 0 Å². The normalized spacial score (nSPS) is 9.80. The maximum atomic E-state index is 11.8. The van der Waals surface area contributed by atoms with Crippen molar-refractivity contribution in [2.24, 2.45) is 5.41 Å². The van der Waals surface area contributed by atoms with E-state index in [1.807, 2.05) is 13.8 Å². The Bertz CT molecular complexity index is 97.4. The summed E-state index contributed by atoms with van der Waals surface area (Å²) >= 11 is 0. The first kappa shape index (κ1) is 12.3. The molecule has 0 unspecified atom stereocenters. The highest BCUT2D eigenvalue weighted by atomic mass is 19.1. The molecule has 0 fully saturated rings. The van der Waals surface area contributed by atoms with Gasteiger partial charge >= 0.3 is 0 Å². The van der Waals surface area contributed by atoms with E-state index >= 15 is 0 Å². The van der Waals surface area contributed by atoms with Gasteiger partial charge in [0.15, 0.2) is 0 Å². The van der Waals surface area contributed by atoms with Crippen LogP contribution in [0.25, 0.3) is 0 Å². The predicted octanol–water partition coefficient (Wildman–Crippen LogP) is 2.60. The lowest BCUT2D eigenvalue weighted by atomic mass is 9.91. The largest absolute Gasteiger partial charge is 0.299 e. The second-order valence-electron chi connectivity index (χ2n) is 2.57. The fraction of sp³-hybridized carbons (Fsp3) is 0.875. The van der Waals surface area contributed by atoms with E-state index in [1.54, 1.807) is 13.8 Å². The Morgan fingerprint density at radius 1 is 1.40 bits per heavy atom. The maximum Gasteiger partial charge on any atom is 0.138 e. The first-order chi connectivity index (χ1) is 4.50. The summed E-state index contributed by atoms with van der Waals surface area (Å²) in [6.07, 6.45) is 0. The Kier molecular flexibility index (Phi) is 6.63. The van der Waals surface area contributed by atoms with Gasteiger partial charge < -0.3 is 0 Å². The second kappa shape index (κ2) is 5.39. The highest BCUT2D eigenvalue weighted by molar-refractivity contribution is 5.81. The molecule has 0 aliphatic heterocycles. The van der Waals surface area contributed by atoms with Crippen LogP contribution in [0.2, 0.25) is 0 Å². The first-order valence-electron chi connectivity index (χ1n) is 3.57. The summed E-state index contributed by atoms with van der Waals surface area (Å²) in [5.74, 6) is -0.0972. The van der Waals surface area contributed by atoms with Gasteiger partial charge in [0.2, 0.25) is 0 Å². The summed E-state index contributed by atoms with van der Waals surface area (Å²) in [7, 11) is 0. The zero-order chi connectivity index (χ0) is 8.78. The zero-order valence-electron chi connectivity index (χ0n) is 7.49. The molecule has 0 aromatic rings. The minimum atomic E-state index is -0.764. The topological polar surface area (TPSA) is 17.1 Å². The summed E-state index contributed by atoms with van der Waals surface area (Å²) in [6, 6.07) is 0. The van der Waals surface area contributed by atoms with E-state index < -0.39 is 12.1 Å². The standard InChI is InChI=1S/C6H11FO.C2H6/c1-5(8)6(2,3)4-7;1-2/h4H2,1-3H3;1-2H3. The first-order valence-corrected chi connectivity index (χ1v) is 3.57. The number of ketones is 1. The molecule has 10 heavy (non-hydrogen) atoms. The molecule has 0 spiro atoms. The van der Waals surface area contributed by atoms with Crippen molar-refractivity contribution in [2.45, 2.75) is 34.6 Å². The number of hydrogen-bond donors (Lipinski definition) is 0. The molecule has 1 nitrogen and oxygen atoms in total. The van der Waals surface area contributed by atoms with Crippen molar-refractivity contribution in [2.75, 3.05) is 6.67 Å². The summed E-state index contributed by atoms with van der Waals surface area (Å²) in [5.41, 5.74) is -0.764. The van der Waals surface area contributed by atoms with Crippen LogP contribution in [0.15, 0.2) is 0 Å². The highest BCUT2D eigenvalue weighted by Gasteiger charge is 2.22. The van der Waals surface area contributed by atoms with Crippen molar-refractivity contribution in [1.29, 1.82) is 0 Å². The lowest BCUT2D eigenvalue weighted by Crippen LogP contribution is -2.23. The fourth-order valence-corrected chi connectivity index (χ4v) is 0.0941. The second-order valence-corrected chi connectivity index (χ2v) is 2.57. The average Bonchev–Trinajstić information content (AvgIpc) is 1.92. The van der Waals surface area contributed by atoms with Gasteiger partial charge in [-0.3, -0.25) is 9.18 Å². The van der Waals surface area contributed by atoms with Crippen molar-refractivity contribution in [3.05, 3.63) is 0 Å². The van der Waals surface area contributed by atoms with E-state index in [1.165, 1.54) is 6.92 Å². The Labute approximate surface area is 62.6 Å². The number of alkyl halides is 1. The van der Waals surface area contributed by atoms with E-state index in [-0.39, 0.29) is 5.78 Å². The molecule has 0 aromatic heterocycles. The minimum absolute atomic E-state index is 0.0972. The van der Waals surface area contributed by atoms with Crippen molar-refractivity contribution in [1.82, 2.24) is 0 Å². The van der Waals surface area contributed by atoms with Gasteiger partial charge in [-0.05, 0) is 6.92 Å². The number of carbonyl (C=O) groups excluding carboxylic acids is 1. The van der Waals surface area contributed by atoms with Crippen molar-refractivity contribution in [3.63, 3.8) is 0 Å². The molecule has 0 atom stereocenters. The number of Topliss-reactive ketones (excluding diaryl/α,β-unsaturated/α-hetero) is 1. The van der Waals surface area contributed by atoms with E-state index in [4.69, 9.17) is 0 Å². The SMILES string of the molecule is CC.CC(=O)C(C)(C)CF. The maximum absolute atomic E-state index is 11.8. The van der Waals surface area contributed by atoms with Crippen LogP contribution < -0.4 is 0 Å². The van der Waals surface area contributed by atoms with Gasteiger partial charge in [0.25, 0.3) is 0 Å².